The van der Waals surface area contributed by atoms with E-state index in [-0.39, 0.29) is 55.3 Å². The average Bonchev–Trinajstić information content (AvgIpc) is 3.27. The SMILES string of the molecule is CCCCCCCCCCCCCC(=O)COCN(CCOC(=O)CCCCCCCCCCCCC)C(=O)CCCCCCC(=O)/C=C(C)/C=C/C=C(C)/C=C/C1=C(C)CCCC1(C)C. The molecule has 1 amide bonds. The van der Waals surface area contributed by atoms with E-state index in [9.17, 15) is 19.2 Å². The highest BCUT2D eigenvalue weighted by Crippen LogP contribution is 2.40. The standard InChI is InChI=1S/C59H101NO6/c1-8-10-12-14-16-18-20-22-24-26-31-40-55(62)49-65-50-60(46-47-66-58(64)42-33-27-25-23-21-19-17-15-13-11-9-2)57(63)41-32-29-28-30-39-54(61)48-52(4)37-34-36-51(3)43-44-56-53(5)38-35-45-59(56,6)7/h34,36-37,43-44,48H,8-33,35,38-42,45-47,49-50H2,1-7H3/b37-34+,44-43+,51-36+,52-48+. The van der Waals surface area contributed by atoms with Gasteiger partial charge in [0, 0.05) is 25.7 Å². The molecule has 0 N–H and O–H groups in total. The highest BCUT2D eigenvalue weighted by Gasteiger charge is 2.26. The van der Waals surface area contributed by atoms with Crippen molar-refractivity contribution in [2.24, 2.45) is 5.41 Å². The first-order valence-corrected chi connectivity index (χ1v) is 27.4. The van der Waals surface area contributed by atoms with Crippen LogP contribution >= 0.6 is 0 Å². The first-order valence-electron chi connectivity index (χ1n) is 27.4. The predicted octanol–water partition coefficient (Wildman–Crippen LogP) is 16.7. The second kappa shape index (κ2) is 41.0. The van der Waals surface area contributed by atoms with Gasteiger partial charge in [-0.25, -0.2) is 0 Å². The smallest absolute Gasteiger partial charge is 0.305 e. The van der Waals surface area contributed by atoms with Gasteiger partial charge >= 0.3 is 5.97 Å². The van der Waals surface area contributed by atoms with Crippen LogP contribution in [0.2, 0.25) is 0 Å². The third-order valence-corrected chi connectivity index (χ3v) is 13.3. The Morgan fingerprint density at radius 2 is 1.12 bits per heavy atom. The van der Waals surface area contributed by atoms with Gasteiger partial charge in [0.15, 0.2) is 11.6 Å². The molecule has 0 unspecified atom stereocenters. The number of amides is 1. The number of hydrogen-bond donors (Lipinski definition) is 0. The number of rotatable bonds is 43. The van der Waals surface area contributed by atoms with Crippen LogP contribution in [0.4, 0.5) is 0 Å². The minimum Gasteiger partial charge on any atom is -0.464 e. The lowest BCUT2D eigenvalue weighted by Gasteiger charge is -2.32. The molecule has 1 rings (SSSR count). The third-order valence-electron chi connectivity index (χ3n) is 13.3. The monoisotopic (exact) mass is 920 g/mol. The van der Waals surface area contributed by atoms with E-state index in [2.05, 4.69) is 59.8 Å². The molecule has 0 bridgehead atoms. The second-order valence-electron chi connectivity index (χ2n) is 20.3. The van der Waals surface area contributed by atoms with E-state index in [0.29, 0.717) is 32.1 Å². The minimum atomic E-state index is -0.223. The van der Waals surface area contributed by atoms with E-state index in [1.807, 2.05) is 19.1 Å². The lowest BCUT2D eigenvalue weighted by Crippen LogP contribution is -2.36. The van der Waals surface area contributed by atoms with Crippen LogP contribution in [-0.4, -0.2) is 54.8 Å². The van der Waals surface area contributed by atoms with Crippen molar-refractivity contribution >= 4 is 23.4 Å². The van der Waals surface area contributed by atoms with Gasteiger partial charge in [-0.1, -0.05) is 210 Å². The third kappa shape index (κ3) is 34.3. The maximum atomic E-state index is 13.3. The fourth-order valence-electron chi connectivity index (χ4n) is 8.96. The zero-order chi connectivity index (χ0) is 48.5. The van der Waals surface area contributed by atoms with Crippen molar-refractivity contribution < 1.29 is 28.7 Å². The van der Waals surface area contributed by atoms with Crippen molar-refractivity contribution in [3.8, 4) is 0 Å². The number of unbranched alkanes of at least 4 members (excludes halogenated alkanes) is 23. The Bertz CT molecular complexity index is 1420. The van der Waals surface area contributed by atoms with Gasteiger partial charge in [0.2, 0.25) is 5.91 Å². The topological polar surface area (TPSA) is 90.0 Å². The number of esters is 1. The minimum absolute atomic E-state index is 0.00991. The normalized spacial score (nSPS) is 14.5. The van der Waals surface area contributed by atoms with Crippen molar-refractivity contribution in [1.29, 1.82) is 0 Å². The van der Waals surface area contributed by atoms with Crippen LogP contribution < -0.4 is 0 Å². The van der Waals surface area contributed by atoms with Gasteiger partial charge in [-0.3, -0.25) is 19.2 Å². The Labute approximate surface area is 406 Å². The molecule has 7 heteroatoms. The maximum Gasteiger partial charge on any atom is 0.305 e. The van der Waals surface area contributed by atoms with Gasteiger partial charge in [0.25, 0.3) is 0 Å². The summed E-state index contributed by atoms with van der Waals surface area (Å²) in [5.41, 5.74) is 5.29. The number of allylic oxidation sites excluding steroid dienone is 10. The van der Waals surface area contributed by atoms with Crippen molar-refractivity contribution in [2.75, 3.05) is 26.5 Å². The summed E-state index contributed by atoms with van der Waals surface area (Å²) in [4.78, 5) is 52.7. The van der Waals surface area contributed by atoms with Gasteiger partial charge in [-0.2, -0.15) is 0 Å². The van der Waals surface area contributed by atoms with Crippen molar-refractivity contribution in [1.82, 2.24) is 4.90 Å². The fourth-order valence-corrected chi connectivity index (χ4v) is 8.96. The zero-order valence-electron chi connectivity index (χ0n) is 44.0. The molecular formula is C59H101NO6. The van der Waals surface area contributed by atoms with E-state index in [1.54, 1.807) is 11.0 Å². The molecule has 0 saturated heterocycles. The van der Waals surface area contributed by atoms with Crippen molar-refractivity contribution in [3.63, 3.8) is 0 Å². The summed E-state index contributed by atoms with van der Waals surface area (Å²) in [6.07, 6.45) is 48.0. The number of carbonyl (C=O) groups excluding carboxylic acids is 4. The summed E-state index contributed by atoms with van der Waals surface area (Å²) in [7, 11) is 0. The van der Waals surface area contributed by atoms with E-state index >= 15 is 0 Å². The van der Waals surface area contributed by atoms with Gasteiger partial charge in [0.1, 0.15) is 19.9 Å². The molecule has 0 saturated carbocycles. The molecular weight excluding hydrogens is 819 g/mol. The second-order valence-corrected chi connectivity index (χ2v) is 20.3. The molecule has 0 heterocycles. The molecule has 0 fully saturated rings. The molecule has 0 spiro atoms. The lowest BCUT2D eigenvalue weighted by molar-refractivity contribution is -0.148. The summed E-state index contributed by atoms with van der Waals surface area (Å²) in [6.45, 7) is 15.9. The van der Waals surface area contributed by atoms with Crippen LogP contribution in [0.3, 0.4) is 0 Å². The summed E-state index contributed by atoms with van der Waals surface area (Å²) < 4.78 is 11.3. The van der Waals surface area contributed by atoms with Crippen LogP contribution in [-0.2, 0) is 28.7 Å². The number of ketones is 2. The molecule has 378 valence electrons. The molecule has 1 aliphatic rings. The van der Waals surface area contributed by atoms with Crippen LogP contribution in [0.15, 0.2) is 58.7 Å². The van der Waals surface area contributed by atoms with Crippen LogP contribution in [0.1, 0.15) is 260 Å². The number of ether oxygens (including phenoxy) is 2. The summed E-state index contributed by atoms with van der Waals surface area (Å²) in [5, 5.41) is 0. The lowest BCUT2D eigenvalue weighted by atomic mass is 9.72. The van der Waals surface area contributed by atoms with E-state index in [4.69, 9.17) is 9.47 Å². The molecule has 0 aliphatic heterocycles. The number of nitrogens with zero attached hydrogens (tertiary/aromatic N) is 1. The quantitative estimate of drug-likeness (QED) is 0.0199. The highest BCUT2D eigenvalue weighted by molar-refractivity contribution is 5.90. The molecule has 0 aromatic heterocycles. The largest absolute Gasteiger partial charge is 0.464 e. The molecule has 66 heavy (non-hydrogen) atoms. The highest BCUT2D eigenvalue weighted by atomic mass is 16.5. The first kappa shape index (κ1) is 61.0. The molecule has 0 aromatic rings. The molecule has 7 nitrogen and oxygen atoms in total. The van der Waals surface area contributed by atoms with Crippen LogP contribution in [0.5, 0.6) is 0 Å². The van der Waals surface area contributed by atoms with Crippen molar-refractivity contribution in [2.45, 2.75) is 260 Å². The predicted molar refractivity (Wildman–Crippen MR) is 279 cm³/mol. The Balaban J connectivity index is 2.47. The number of hydrogen-bond acceptors (Lipinski definition) is 6. The van der Waals surface area contributed by atoms with Gasteiger partial charge < -0.3 is 14.4 Å². The zero-order valence-corrected chi connectivity index (χ0v) is 44.0. The van der Waals surface area contributed by atoms with E-state index < -0.39 is 0 Å². The Morgan fingerprint density at radius 1 is 0.621 bits per heavy atom. The summed E-state index contributed by atoms with van der Waals surface area (Å²) >= 11 is 0. The van der Waals surface area contributed by atoms with Gasteiger partial charge in [0.05, 0.1) is 6.54 Å². The van der Waals surface area contributed by atoms with Crippen LogP contribution in [0.25, 0.3) is 0 Å². The average molecular weight is 920 g/mol. The van der Waals surface area contributed by atoms with Gasteiger partial charge in [-0.15, -0.1) is 0 Å². The maximum absolute atomic E-state index is 13.3. The fraction of sp³-hybridized carbons (Fsp3) is 0.763. The Kier molecular flexibility index (Phi) is 37.8. The van der Waals surface area contributed by atoms with E-state index in [1.165, 1.54) is 145 Å². The van der Waals surface area contributed by atoms with Crippen LogP contribution in [0, 0.1) is 5.41 Å². The number of carbonyl (C=O) groups is 4. The summed E-state index contributed by atoms with van der Waals surface area (Å²) in [6, 6.07) is 0. The molecule has 0 atom stereocenters. The summed E-state index contributed by atoms with van der Waals surface area (Å²) in [5.74, 6) is -0.108. The van der Waals surface area contributed by atoms with E-state index in [0.717, 1.165) is 56.9 Å². The van der Waals surface area contributed by atoms with Gasteiger partial charge in [-0.05, 0) is 88.4 Å². The molecule has 1 aliphatic carbocycles. The number of Topliss-reactive ketones (excluding diaryl/α,β-unsaturated/α-hetero) is 1. The molecule has 0 radical (unpaired) electrons. The van der Waals surface area contributed by atoms with Crippen molar-refractivity contribution in [3.05, 3.63) is 58.7 Å². The molecule has 0 aromatic carbocycles. The Morgan fingerprint density at radius 3 is 1.67 bits per heavy atom. The first-order chi connectivity index (χ1) is 31.9. The Hall–Kier alpha value is -3.06.